The van der Waals surface area contributed by atoms with E-state index in [1.54, 1.807) is 0 Å². The zero-order valence-corrected chi connectivity index (χ0v) is 5.99. The SMILES string of the molecule is O=S(O)O.[NaH].c1ccccc1. The summed E-state index contributed by atoms with van der Waals surface area (Å²) in [7, 11) is 0. The monoisotopic (exact) mass is 184 g/mol. The fourth-order valence-electron chi connectivity index (χ4n) is 0.385. The molecule has 0 heterocycles. The van der Waals surface area contributed by atoms with Gasteiger partial charge in [-0.05, 0) is 0 Å². The first-order valence-electron chi connectivity index (χ1n) is 2.53. The Morgan fingerprint density at radius 2 is 0.909 bits per heavy atom. The van der Waals surface area contributed by atoms with Crippen LogP contribution in [0.15, 0.2) is 36.4 Å². The molecule has 0 fully saturated rings. The van der Waals surface area contributed by atoms with Crippen molar-refractivity contribution in [2.24, 2.45) is 0 Å². The van der Waals surface area contributed by atoms with E-state index in [-0.39, 0.29) is 29.6 Å². The molecule has 0 aliphatic heterocycles. The van der Waals surface area contributed by atoms with Crippen LogP contribution in [0.1, 0.15) is 0 Å². The van der Waals surface area contributed by atoms with Crippen LogP contribution in [-0.4, -0.2) is 42.9 Å². The molecule has 0 amide bonds. The number of hydrogen-bond donors (Lipinski definition) is 2. The van der Waals surface area contributed by atoms with Gasteiger partial charge in [-0.1, -0.05) is 36.4 Å². The third-order valence-corrected chi connectivity index (χ3v) is 0.667. The van der Waals surface area contributed by atoms with Crippen molar-refractivity contribution in [3.63, 3.8) is 0 Å². The van der Waals surface area contributed by atoms with E-state index in [9.17, 15) is 0 Å². The predicted molar refractivity (Wildman–Crippen MR) is 47.0 cm³/mol. The summed E-state index contributed by atoms with van der Waals surface area (Å²) < 4.78 is 22.8. The maximum Gasteiger partial charge on any atom is -0.0623 e. The molecule has 11 heavy (non-hydrogen) atoms. The van der Waals surface area contributed by atoms with E-state index in [1.807, 2.05) is 36.4 Å². The van der Waals surface area contributed by atoms with Crippen molar-refractivity contribution >= 4 is 40.9 Å². The fourth-order valence-corrected chi connectivity index (χ4v) is 0.385. The molecule has 5 heteroatoms. The van der Waals surface area contributed by atoms with Gasteiger partial charge in [0.15, 0.2) is 0 Å². The summed E-state index contributed by atoms with van der Waals surface area (Å²) in [5, 5.41) is 0. The van der Waals surface area contributed by atoms with Gasteiger partial charge in [-0.15, -0.1) is 0 Å². The van der Waals surface area contributed by atoms with Crippen LogP contribution in [0.3, 0.4) is 0 Å². The van der Waals surface area contributed by atoms with Crippen LogP contribution in [-0.2, 0) is 11.4 Å². The third kappa shape index (κ3) is 17.9. The maximum atomic E-state index is 8.67. The minimum atomic E-state index is -2.61. The van der Waals surface area contributed by atoms with Crippen molar-refractivity contribution in [1.82, 2.24) is 0 Å². The Morgan fingerprint density at radius 1 is 0.818 bits per heavy atom. The molecule has 0 saturated carbocycles. The molecule has 0 atom stereocenters. The van der Waals surface area contributed by atoms with Gasteiger partial charge in [-0.25, -0.2) is 0 Å². The molecular formula is C6H9NaO3S. The summed E-state index contributed by atoms with van der Waals surface area (Å²) >= 11 is -2.61. The normalized spacial score (nSPS) is 7.55. The van der Waals surface area contributed by atoms with E-state index >= 15 is 0 Å². The topological polar surface area (TPSA) is 57.5 Å². The Hall–Kier alpha value is 0.290. The largest absolute Gasteiger partial charge is 0.0623 e. The first-order chi connectivity index (χ1) is 4.73. The first-order valence-corrected chi connectivity index (χ1v) is 3.60. The fraction of sp³-hybridized carbons (Fsp3) is 0. The van der Waals surface area contributed by atoms with E-state index in [4.69, 9.17) is 13.3 Å². The molecular weight excluding hydrogens is 175 g/mol. The van der Waals surface area contributed by atoms with Crippen molar-refractivity contribution in [2.75, 3.05) is 0 Å². The number of rotatable bonds is 0. The van der Waals surface area contributed by atoms with Crippen LogP contribution in [0.25, 0.3) is 0 Å². The molecule has 0 spiro atoms. The van der Waals surface area contributed by atoms with Gasteiger partial charge in [0.25, 0.3) is 11.4 Å². The van der Waals surface area contributed by atoms with Crippen molar-refractivity contribution in [1.29, 1.82) is 0 Å². The molecule has 2 N–H and O–H groups in total. The molecule has 0 aliphatic rings. The third-order valence-electron chi connectivity index (χ3n) is 0.667. The second-order valence-corrected chi connectivity index (χ2v) is 1.85. The molecule has 58 valence electrons. The molecule has 0 aliphatic carbocycles. The second-order valence-electron chi connectivity index (χ2n) is 1.39. The Labute approximate surface area is 90.2 Å². The quantitative estimate of drug-likeness (QED) is 0.461. The Balaban J connectivity index is 0. The molecule has 1 aromatic carbocycles. The zero-order chi connectivity index (χ0) is 7.82. The average molecular weight is 184 g/mol. The standard InChI is InChI=1S/C6H6.Na.H2O3S.H/c1-2-4-6-5-3-1;;1-4(2)3;/h1-6H;;(H2,1,2,3);. The van der Waals surface area contributed by atoms with Gasteiger partial charge in [0.2, 0.25) is 0 Å². The second kappa shape index (κ2) is 10.3. The summed E-state index contributed by atoms with van der Waals surface area (Å²) in [5.41, 5.74) is 0. The number of benzene rings is 1. The number of hydrogen-bond acceptors (Lipinski definition) is 1. The van der Waals surface area contributed by atoms with Gasteiger partial charge in [0.1, 0.15) is 0 Å². The van der Waals surface area contributed by atoms with Gasteiger partial charge in [-0.2, -0.15) is 4.21 Å². The minimum Gasteiger partial charge on any atom is -0.0623 e. The molecule has 3 nitrogen and oxygen atoms in total. The van der Waals surface area contributed by atoms with Crippen molar-refractivity contribution in [3.8, 4) is 0 Å². The van der Waals surface area contributed by atoms with E-state index in [0.29, 0.717) is 0 Å². The zero-order valence-electron chi connectivity index (χ0n) is 5.18. The molecule has 0 aromatic heterocycles. The summed E-state index contributed by atoms with van der Waals surface area (Å²) in [6, 6.07) is 12.0. The molecule has 0 unspecified atom stereocenters. The summed E-state index contributed by atoms with van der Waals surface area (Å²) in [5.74, 6) is 0. The van der Waals surface area contributed by atoms with Crippen LogP contribution in [0.4, 0.5) is 0 Å². The summed E-state index contributed by atoms with van der Waals surface area (Å²) in [6.07, 6.45) is 0. The van der Waals surface area contributed by atoms with E-state index < -0.39 is 11.4 Å². The van der Waals surface area contributed by atoms with Crippen LogP contribution in [0.2, 0.25) is 0 Å². The van der Waals surface area contributed by atoms with Crippen molar-refractivity contribution in [3.05, 3.63) is 36.4 Å². The van der Waals surface area contributed by atoms with Crippen LogP contribution in [0, 0.1) is 0 Å². The molecule has 0 radical (unpaired) electrons. The van der Waals surface area contributed by atoms with Gasteiger partial charge >= 0.3 is 29.6 Å². The van der Waals surface area contributed by atoms with Gasteiger partial charge < -0.3 is 0 Å². The Kier molecular flexibility index (Phi) is 13.0. The van der Waals surface area contributed by atoms with Crippen LogP contribution >= 0.6 is 0 Å². The first kappa shape index (κ1) is 13.9. The predicted octanol–water partition coefficient (Wildman–Crippen LogP) is 0.719. The summed E-state index contributed by atoms with van der Waals surface area (Å²) in [4.78, 5) is 0. The van der Waals surface area contributed by atoms with Crippen LogP contribution < -0.4 is 0 Å². The smallest absolute Gasteiger partial charge is 0.0623 e. The maximum absolute atomic E-state index is 8.67. The van der Waals surface area contributed by atoms with E-state index in [2.05, 4.69) is 0 Å². The summed E-state index contributed by atoms with van der Waals surface area (Å²) in [6.45, 7) is 0. The van der Waals surface area contributed by atoms with Gasteiger partial charge in [-0.3, -0.25) is 9.11 Å². The molecule has 1 aromatic rings. The van der Waals surface area contributed by atoms with Gasteiger partial charge in [0.05, 0.1) is 0 Å². The van der Waals surface area contributed by atoms with Gasteiger partial charge in [0, 0.05) is 0 Å². The van der Waals surface area contributed by atoms with Crippen molar-refractivity contribution in [2.45, 2.75) is 0 Å². The van der Waals surface area contributed by atoms with Crippen LogP contribution in [0.5, 0.6) is 0 Å². The Morgan fingerprint density at radius 3 is 1.00 bits per heavy atom. The molecule has 0 saturated heterocycles. The minimum absolute atomic E-state index is 0. The van der Waals surface area contributed by atoms with E-state index in [1.165, 1.54) is 0 Å². The molecule has 1 rings (SSSR count). The molecule has 0 bridgehead atoms. The van der Waals surface area contributed by atoms with Crippen molar-refractivity contribution < 1.29 is 13.3 Å². The average Bonchev–Trinajstić information content (AvgIpc) is 1.90. The Bertz CT molecular complexity index is 150. The van der Waals surface area contributed by atoms with E-state index in [0.717, 1.165) is 0 Å².